The summed E-state index contributed by atoms with van der Waals surface area (Å²) in [4.78, 5) is 23.7. The van der Waals surface area contributed by atoms with Crippen molar-refractivity contribution in [2.45, 2.75) is 6.18 Å². The minimum Gasteiger partial charge on any atom is -0.343 e. The summed E-state index contributed by atoms with van der Waals surface area (Å²) in [5, 5.41) is 2.30. The molecule has 0 unspecified atom stereocenters. The molecule has 0 aliphatic heterocycles. The molecule has 0 spiro atoms. The van der Waals surface area contributed by atoms with Crippen molar-refractivity contribution in [1.29, 1.82) is 0 Å². The van der Waals surface area contributed by atoms with Gasteiger partial charge in [-0.2, -0.15) is 13.2 Å². The number of hydrogen-bond donors (Lipinski definition) is 1. The first-order chi connectivity index (χ1) is 9.29. The van der Waals surface area contributed by atoms with Gasteiger partial charge in [0.25, 0.3) is 11.5 Å². The Labute approximate surface area is 111 Å². The standard InChI is InChI=1S/C13H11F3N2O2/c1-18-10-5-3-2-4-8(10)6-9(12(18)20)11(19)17-7-13(14,15)16/h2-6H,7H2,1H3,(H,17,19). The molecule has 0 fully saturated rings. The van der Waals surface area contributed by atoms with Crippen LogP contribution < -0.4 is 10.9 Å². The Morgan fingerprint density at radius 3 is 2.60 bits per heavy atom. The van der Waals surface area contributed by atoms with E-state index in [9.17, 15) is 22.8 Å². The Morgan fingerprint density at radius 1 is 1.30 bits per heavy atom. The van der Waals surface area contributed by atoms with Gasteiger partial charge in [0.05, 0.1) is 5.52 Å². The normalized spacial score (nSPS) is 11.6. The van der Waals surface area contributed by atoms with E-state index in [0.717, 1.165) is 0 Å². The molecule has 4 nitrogen and oxygen atoms in total. The van der Waals surface area contributed by atoms with E-state index >= 15 is 0 Å². The van der Waals surface area contributed by atoms with Crippen LogP contribution in [-0.2, 0) is 7.05 Å². The van der Waals surface area contributed by atoms with Gasteiger partial charge in [0.2, 0.25) is 0 Å². The molecule has 1 amide bonds. The number of nitrogens with zero attached hydrogens (tertiary/aromatic N) is 1. The molecule has 0 aliphatic carbocycles. The largest absolute Gasteiger partial charge is 0.405 e. The first kappa shape index (κ1) is 14.1. The maximum Gasteiger partial charge on any atom is 0.405 e. The maximum atomic E-state index is 12.1. The van der Waals surface area contributed by atoms with Crippen LogP contribution >= 0.6 is 0 Å². The highest BCUT2D eigenvalue weighted by Crippen LogP contribution is 2.14. The molecule has 1 aromatic carbocycles. The lowest BCUT2D eigenvalue weighted by Crippen LogP contribution is -2.37. The molecule has 0 radical (unpaired) electrons. The summed E-state index contributed by atoms with van der Waals surface area (Å²) in [6.45, 7) is -1.47. The van der Waals surface area contributed by atoms with E-state index in [4.69, 9.17) is 0 Å². The van der Waals surface area contributed by atoms with Gasteiger partial charge in [0.15, 0.2) is 0 Å². The summed E-state index contributed by atoms with van der Waals surface area (Å²) in [6, 6.07) is 8.10. The van der Waals surface area contributed by atoms with Gasteiger partial charge in [-0.25, -0.2) is 0 Å². The lowest BCUT2D eigenvalue weighted by Gasteiger charge is -2.10. The van der Waals surface area contributed by atoms with Crippen LogP contribution in [0, 0.1) is 0 Å². The molecule has 0 atom stereocenters. The summed E-state index contributed by atoms with van der Waals surface area (Å²) >= 11 is 0. The fraction of sp³-hybridized carbons (Fsp3) is 0.231. The minimum atomic E-state index is -4.52. The van der Waals surface area contributed by atoms with E-state index in [0.29, 0.717) is 10.9 Å². The van der Waals surface area contributed by atoms with Crippen molar-refractivity contribution in [3.63, 3.8) is 0 Å². The van der Waals surface area contributed by atoms with Gasteiger partial charge in [-0.15, -0.1) is 0 Å². The molecule has 2 rings (SSSR count). The molecule has 106 valence electrons. The van der Waals surface area contributed by atoms with Crippen LogP contribution in [0.2, 0.25) is 0 Å². The number of carbonyl (C=O) groups is 1. The average Bonchev–Trinajstić information content (AvgIpc) is 2.39. The van der Waals surface area contributed by atoms with Crippen LogP contribution in [0.1, 0.15) is 10.4 Å². The second-order valence-electron chi connectivity index (χ2n) is 4.28. The van der Waals surface area contributed by atoms with E-state index in [1.165, 1.54) is 17.7 Å². The van der Waals surface area contributed by atoms with Gasteiger partial charge in [0, 0.05) is 7.05 Å². The monoisotopic (exact) mass is 284 g/mol. The van der Waals surface area contributed by atoms with E-state index < -0.39 is 24.2 Å². The number of carbonyl (C=O) groups excluding carboxylic acids is 1. The average molecular weight is 284 g/mol. The van der Waals surface area contributed by atoms with E-state index in [1.54, 1.807) is 29.6 Å². The molecule has 0 bridgehead atoms. The molecular weight excluding hydrogens is 273 g/mol. The Morgan fingerprint density at radius 2 is 1.95 bits per heavy atom. The molecule has 0 saturated carbocycles. The number of nitrogens with one attached hydrogen (secondary N) is 1. The van der Waals surface area contributed by atoms with E-state index in [-0.39, 0.29) is 5.56 Å². The quantitative estimate of drug-likeness (QED) is 0.914. The van der Waals surface area contributed by atoms with Crippen molar-refractivity contribution in [3.8, 4) is 0 Å². The number of pyridine rings is 1. The number of alkyl halides is 3. The fourth-order valence-corrected chi connectivity index (χ4v) is 1.86. The van der Waals surface area contributed by atoms with Gasteiger partial charge in [-0.3, -0.25) is 9.59 Å². The second-order valence-corrected chi connectivity index (χ2v) is 4.28. The van der Waals surface area contributed by atoms with Crippen molar-refractivity contribution in [2.75, 3.05) is 6.54 Å². The lowest BCUT2D eigenvalue weighted by molar-refractivity contribution is -0.123. The minimum absolute atomic E-state index is 0.310. The molecule has 0 aliphatic rings. The third kappa shape index (κ3) is 2.81. The Balaban J connectivity index is 2.42. The third-order valence-corrected chi connectivity index (χ3v) is 2.83. The Hall–Kier alpha value is -2.31. The number of amides is 1. The lowest BCUT2D eigenvalue weighted by atomic mass is 10.1. The van der Waals surface area contributed by atoms with Crippen molar-refractivity contribution in [1.82, 2.24) is 9.88 Å². The molecule has 7 heteroatoms. The van der Waals surface area contributed by atoms with Gasteiger partial charge in [-0.1, -0.05) is 18.2 Å². The van der Waals surface area contributed by atoms with Crippen LogP contribution in [0.5, 0.6) is 0 Å². The molecule has 2 aromatic rings. The van der Waals surface area contributed by atoms with Crippen LogP contribution in [-0.4, -0.2) is 23.2 Å². The predicted molar refractivity (Wildman–Crippen MR) is 67.6 cm³/mol. The van der Waals surface area contributed by atoms with Crippen molar-refractivity contribution in [2.24, 2.45) is 7.05 Å². The zero-order valence-corrected chi connectivity index (χ0v) is 10.5. The zero-order valence-electron chi connectivity index (χ0n) is 10.5. The Bertz CT molecular complexity index is 720. The number of halogens is 3. The number of aromatic nitrogens is 1. The molecule has 20 heavy (non-hydrogen) atoms. The Kier molecular flexibility index (Phi) is 3.52. The number of aryl methyl sites for hydroxylation is 1. The first-order valence-corrected chi connectivity index (χ1v) is 5.73. The first-order valence-electron chi connectivity index (χ1n) is 5.73. The summed E-state index contributed by atoms with van der Waals surface area (Å²) < 4.78 is 37.4. The molecule has 1 heterocycles. The SMILES string of the molecule is Cn1c(=O)c(C(=O)NCC(F)(F)F)cc2ccccc21. The van der Waals surface area contributed by atoms with Gasteiger partial charge in [0.1, 0.15) is 12.1 Å². The molecule has 0 saturated heterocycles. The topological polar surface area (TPSA) is 51.1 Å². The molecule has 1 N–H and O–H groups in total. The highest BCUT2D eigenvalue weighted by atomic mass is 19.4. The summed E-state index contributed by atoms with van der Waals surface area (Å²) in [5.41, 5.74) is -0.344. The van der Waals surface area contributed by atoms with E-state index in [2.05, 4.69) is 0 Å². The maximum absolute atomic E-state index is 12.1. The smallest absolute Gasteiger partial charge is 0.343 e. The van der Waals surface area contributed by atoms with E-state index in [1.807, 2.05) is 0 Å². The summed E-state index contributed by atoms with van der Waals surface area (Å²) in [6.07, 6.45) is -4.52. The highest BCUT2D eigenvalue weighted by Gasteiger charge is 2.28. The number of fused-ring (bicyclic) bond motifs is 1. The summed E-state index contributed by atoms with van der Waals surface area (Å²) in [5.74, 6) is -1.03. The predicted octanol–water partition coefficient (Wildman–Crippen LogP) is 1.83. The number of para-hydroxylation sites is 1. The zero-order chi connectivity index (χ0) is 14.9. The van der Waals surface area contributed by atoms with Gasteiger partial charge < -0.3 is 9.88 Å². The number of rotatable bonds is 2. The van der Waals surface area contributed by atoms with Crippen LogP contribution in [0.4, 0.5) is 13.2 Å². The van der Waals surface area contributed by atoms with Crippen molar-refractivity contribution >= 4 is 16.8 Å². The van der Waals surface area contributed by atoms with Crippen LogP contribution in [0.15, 0.2) is 35.1 Å². The van der Waals surface area contributed by atoms with Crippen molar-refractivity contribution in [3.05, 3.63) is 46.2 Å². The fourth-order valence-electron chi connectivity index (χ4n) is 1.86. The third-order valence-electron chi connectivity index (χ3n) is 2.83. The van der Waals surface area contributed by atoms with Crippen LogP contribution in [0.25, 0.3) is 10.9 Å². The summed E-state index contributed by atoms with van der Waals surface area (Å²) in [7, 11) is 1.46. The molecule has 1 aromatic heterocycles. The number of benzene rings is 1. The van der Waals surface area contributed by atoms with Crippen LogP contribution in [0.3, 0.4) is 0 Å². The van der Waals surface area contributed by atoms with Gasteiger partial charge in [-0.05, 0) is 17.5 Å². The highest BCUT2D eigenvalue weighted by molar-refractivity contribution is 5.97. The van der Waals surface area contributed by atoms with Crippen molar-refractivity contribution < 1.29 is 18.0 Å². The number of hydrogen-bond acceptors (Lipinski definition) is 2. The van der Waals surface area contributed by atoms with Gasteiger partial charge >= 0.3 is 6.18 Å². The second kappa shape index (κ2) is 4.99. The molecular formula is C13H11F3N2O2.